The molecule has 2 atom stereocenters. The third kappa shape index (κ3) is 8.32. The fraction of sp³-hybridized carbons (Fsp3) is 0.257. The summed E-state index contributed by atoms with van der Waals surface area (Å²) in [6.07, 6.45) is 0.923. The zero-order valence-electron chi connectivity index (χ0n) is 25.2. The number of anilines is 1. The van der Waals surface area contributed by atoms with E-state index in [1.165, 1.54) is 29.2 Å². The Morgan fingerprint density at radius 1 is 0.818 bits per heavy atom. The van der Waals surface area contributed by atoms with Crippen LogP contribution in [0.1, 0.15) is 37.0 Å². The molecular weight excluding hydrogens is 577 g/mol. The quantitative estimate of drug-likeness (QED) is 0.203. The number of hydrogen-bond acceptors (Lipinski definition) is 4. The molecule has 0 spiro atoms. The van der Waals surface area contributed by atoms with E-state index in [0.717, 1.165) is 33.1 Å². The van der Waals surface area contributed by atoms with Crippen LogP contribution in [0, 0.1) is 12.7 Å². The first-order chi connectivity index (χ1) is 21.1. The summed E-state index contributed by atoms with van der Waals surface area (Å²) in [5, 5.41) is 3.02. The second-order valence-corrected chi connectivity index (χ2v) is 12.7. The van der Waals surface area contributed by atoms with E-state index in [1.54, 1.807) is 18.2 Å². The van der Waals surface area contributed by atoms with Crippen LogP contribution < -0.4 is 9.62 Å². The highest BCUT2D eigenvalue weighted by atomic mass is 32.2. The van der Waals surface area contributed by atoms with Crippen LogP contribution in [0.3, 0.4) is 0 Å². The number of halogens is 1. The van der Waals surface area contributed by atoms with Crippen LogP contribution in [0.25, 0.3) is 0 Å². The van der Waals surface area contributed by atoms with Crippen molar-refractivity contribution in [2.75, 3.05) is 10.8 Å². The smallest absolute Gasteiger partial charge is 0.264 e. The average Bonchev–Trinajstić information content (AvgIpc) is 3.03. The Morgan fingerprint density at radius 3 is 2.00 bits per heavy atom. The van der Waals surface area contributed by atoms with E-state index < -0.39 is 34.3 Å². The fourth-order valence-corrected chi connectivity index (χ4v) is 6.18. The molecule has 0 aliphatic carbocycles. The first-order valence-electron chi connectivity index (χ1n) is 14.6. The molecule has 0 fully saturated rings. The zero-order valence-corrected chi connectivity index (χ0v) is 26.0. The van der Waals surface area contributed by atoms with Gasteiger partial charge in [-0.05, 0) is 67.8 Å². The van der Waals surface area contributed by atoms with Gasteiger partial charge in [0.15, 0.2) is 0 Å². The highest BCUT2D eigenvalue weighted by Gasteiger charge is 2.35. The summed E-state index contributed by atoms with van der Waals surface area (Å²) in [4.78, 5) is 29.7. The van der Waals surface area contributed by atoms with Crippen LogP contribution in [0.5, 0.6) is 0 Å². The lowest BCUT2D eigenvalue weighted by atomic mass is 10.0. The number of aryl methyl sites for hydroxylation is 1. The predicted octanol–water partition coefficient (Wildman–Crippen LogP) is 5.88. The molecule has 0 bridgehead atoms. The van der Waals surface area contributed by atoms with Gasteiger partial charge in [-0.3, -0.25) is 13.9 Å². The highest BCUT2D eigenvalue weighted by molar-refractivity contribution is 7.92. The Hall–Kier alpha value is -4.50. The van der Waals surface area contributed by atoms with Gasteiger partial charge in [-0.2, -0.15) is 0 Å². The normalized spacial score (nSPS) is 12.6. The summed E-state index contributed by atoms with van der Waals surface area (Å²) in [5.74, 6) is -1.44. The van der Waals surface area contributed by atoms with E-state index in [9.17, 15) is 22.4 Å². The lowest BCUT2D eigenvalue weighted by molar-refractivity contribution is -0.140. The number of amides is 2. The molecule has 44 heavy (non-hydrogen) atoms. The summed E-state index contributed by atoms with van der Waals surface area (Å²) < 4.78 is 42.7. The number of sulfonamides is 1. The highest BCUT2D eigenvalue weighted by Crippen LogP contribution is 2.25. The first-order valence-corrected chi connectivity index (χ1v) is 16.0. The molecule has 0 aromatic heterocycles. The van der Waals surface area contributed by atoms with Crippen molar-refractivity contribution >= 4 is 27.5 Å². The van der Waals surface area contributed by atoms with Crippen LogP contribution in [-0.2, 0) is 32.6 Å². The van der Waals surface area contributed by atoms with Crippen molar-refractivity contribution in [1.82, 2.24) is 10.2 Å². The number of rotatable bonds is 13. The van der Waals surface area contributed by atoms with Crippen molar-refractivity contribution in [2.24, 2.45) is 0 Å². The lowest BCUT2D eigenvalue weighted by Gasteiger charge is -2.34. The number of nitrogens with zero attached hydrogens (tertiary/aromatic N) is 2. The summed E-state index contributed by atoms with van der Waals surface area (Å²) in [7, 11) is -4.24. The van der Waals surface area contributed by atoms with Crippen molar-refractivity contribution in [3.8, 4) is 0 Å². The Labute approximate surface area is 259 Å². The fourth-order valence-electron chi connectivity index (χ4n) is 4.74. The predicted molar refractivity (Wildman–Crippen MR) is 171 cm³/mol. The van der Waals surface area contributed by atoms with Gasteiger partial charge in [0.2, 0.25) is 11.8 Å². The molecule has 4 aromatic carbocycles. The molecule has 1 N–H and O–H groups in total. The topological polar surface area (TPSA) is 86.8 Å². The van der Waals surface area contributed by atoms with E-state index >= 15 is 0 Å². The maximum Gasteiger partial charge on any atom is 0.264 e. The monoisotopic (exact) mass is 615 g/mol. The van der Waals surface area contributed by atoms with E-state index in [-0.39, 0.29) is 35.5 Å². The van der Waals surface area contributed by atoms with Crippen molar-refractivity contribution in [1.29, 1.82) is 0 Å². The second kappa shape index (κ2) is 14.8. The van der Waals surface area contributed by atoms with Gasteiger partial charge in [0.05, 0.1) is 10.6 Å². The SMILES string of the molecule is CCC(C)NC(=O)C(Cc1ccccc1)N(Cc1ccc(C)cc1)C(=O)CN(c1ccc(F)cc1)S(=O)(=O)c1ccccc1. The standard InChI is InChI=1S/C35H38FN3O4S/c1-4-27(3)37-35(41)33(23-28-11-7-5-8-12-28)38(24-29-17-15-26(2)16-18-29)34(40)25-39(31-21-19-30(36)20-22-31)44(42,43)32-13-9-6-10-14-32/h5-22,27,33H,4,23-25H2,1-3H3,(H,37,41). The molecule has 4 aromatic rings. The second-order valence-electron chi connectivity index (χ2n) is 10.8. The molecule has 0 aliphatic heterocycles. The number of hydrogen-bond donors (Lipinski definition) is 1. The summed E-state index contributed by atoms with van der Waals surface area (Å²) >= 11 is 0. The number of benzene rings is 4. The Morgan fingerprint density at radius 2 is 1.41 bits per heavy atom. The van der Waals surface area contributed by atoms with Crippen LogP contribution in [-0.4, -0.2) is 43.8 Å². The molecule has 4 rings (SSSR count). The largest absolute Gasteiger partial charge is 0.352 e. The van der Waals surface area contributed by atoms with Gasteiger partial charge < -0.3 is 10.2 Å². The minimum atomic E-state index is -4.24. The van der Waals surface area contributed by atoms with Crippen molar-refractivity contribution in [3.05, 3.63) is 132 Å². The van der Waals surface area contributed by atoms with Gasteiger partial charge in [0.1, 0.15) is 18.4 Å². The van der Waals surface area contributed by atoms with Gasteiger partial charge in [-0.25, -0.2) is 12.8 Å². The zero-order chi connectivity index (χ0) is 31.7. The molecule has 230 valence electrons. The van der Waals surface area contributed by atoms with Gasteiger partial charge >= 0.3 is 0 Å². The minimum Gasteiger partial charge on any atom is -0.352 e. The van der Waals surface area contributed by atoms with Gasteiger partial charge in [0.25, 0.3) is 10.0 Å². The van der Waals surface area contributed by atoms with E-state index in [1.807, 2.05) is 75.4 Å². The summed E-state index contributed by atoms with van der Waals surface area (Å²) in [6, 6.07) is 28.7. The van der Waals surface area contributed by atoms with E-state index in [0.29, 0.717) is 6.42 Å². The third-order valence-electron chi connectivity index (χ3n) is 7.47. The molecule has 7 nitrogen and oxygen atoms in total. The van der Waals surface area contributed by atoms with Crippen molar-refractivity contribution < 1.29 is 22.4 Å². The van der Waals surface area contributed by atoms with Crippen LogP contribution in [0.2, 0.25) is 0 Å². The van der Waals surface area contributed by atoms with Gasteiger partial charge in [-0.15, -0.1) is 0 Å². The molecule has 0 saturated heterocycles. The Balaban J connectivity index is 1.79. The van der Waals surface area contributed by atoms with Crippen molar-refractivity contribution in [3.63, 3.8) is 0 Å². The number of carbonyl (C=O) groups excluding carboxylic acids is 2. The molecule has 0 saturated carbocycles. The van der Waals surface area contributed by atoms with Crippen molar-refractivity contribution in [2.45, 2.75) is 57.1 Å². The summed E-state index contributed by atoms with van der Waals surface area (Å²) in [6.45, 7) is 5.29. The van der Waals surface area contributed by atoms with Crippen LogP contribution in [0.15, 0.2) is 114 Å². The first kappa shape index (κ1) is 32.4. The van der Waals surface area contributed by atoms with Gasteiger partial charge in [-0.1, -0.05) is 85.3 Å². The Bertz CT molecular complexity index is 1630. The molecule has 2 unspecified atom stereocenters. The maximum absolute atomic E-state index is 14.4. The third-order valence-corrected chi connectivity index (χ3v) is 9.26. The number of carbonyl (C=O) groups is 2. The Kier molecular flexibility index (Phi) is 10.9. The van der Waals surface area contributed by atoms with Crippen LogP contribution >= 0.6 is 0 Å². The molecule has 2 amide bonds. The number of nitrogens with one attached hydrogen (secondary N) is 1. The maximum atomic E-state index is 14.4. The minimum absolute atomic E-state index is 0.0161. The molecule has 0 radical (unpaired) electrons. The van der Waals surface area contributed by atoms with Gasteiger partial charge in [0, 0.05) is 19.0 Å². The summed E-state index contributed by atoms with van der Waals surface area (Å²) in [5.41, 5.74) is 2.81. The van der Waals surface area contributed by atoms with E-state index in [2.05, 4.69) is 5.32 Å². The molecule has 0 heterocycles. The van der Waals surface area contributed by atoms with Crippen LogP contribution in [0.4, 0.5) is 10.1 Å². The average molecular weight is 616 g/mol. The molecule has 9 heteroatoms. The molecular formula is C35H38FN3O4S. The van der Waals surface area contributed by atoms with E-state index in [4.69, 9.17) is 0 Å². The molecule has 0 aliphatic rings. The lowest BCUT2D eigenvalue weighted by Crippen LogP contribution is -2.54.